The lowest BCUT2D eigenvalue weighted by Crippen LogP contribution is -2.51. The maximum atomic E-state index is 11.4. The van der Waals surface area contributed by atoms with Crippen LogP contribution in [0.3, 0.4) is 0 Å². The molecule has 2 aromatic rings. The summed E-state index contributed by atoms with van der Waals surface area (Å²) < 4.78 is 1.41. The van der Waals surface area contributed by atoms with Crippen LogP contribution in [0.4, 0.5) is 0 Å². The minimum Gasteiger partial charge on any atom is -0.477 e. The van der Waals surface area contributed by atoms with E-state index in [4.69, 9.17) is 0 Å². The van der Waals surface area contributed by atoms with Gasteiger partial charge in [0.05, 0.1) is 21.1 Å². The van der Waals surface area contributed by atoms with E-state index in [1.165, 1.54) is 0 Å². The number of likely N-dealkylation sites (N-methyl/N-ethyl adjacent to an activating group) is 1. The molecule has 0 bridgehead atoms. The van der Waals surface area contributed by atoms with Crippen LogP contribution in [0.25, 0.3) is 10.9 Å². The third-order valence-corrected chi connectivity index (χ3v) is 3.86. The topological polar surface area (TPSA) is 53.1 Å². The molecule has 1 aromatic heterocycles. The first kappa shape index (κ1) is 14.1. The van der Waals surface area contributed by atoms with Gasteiger partial charge in [0.15, 0.2) is 6.04 Å². The number of benzene rings is 1. The number of hydrogen-bond acceptors (Lipinski definition) is 1. The van der Waals surface area contributed by atoms with Crippen molar-refractivity contribution < 1.29 is 14.4 Å². The summed E-state index contributed by atoms with van der Waals surface area (Å²) >= 11 is 3.43. The number of rotatable bonds is 4. The number of halogens is 1. The average Bonchev–Trinajstić information content (AvgIpc) is 2.66. The number of carboxylic acids is 1. The van der Waals surface area contributed by atoms with E-state index in [0.717, 1.165) is 20.9 Å². The summed E-state index contributed by atoms with van der Waals surface area (Å²) in [5, 5.41) is 10.5. The summed E-state index contributed by atoms with van der Waals surface area (Å²) in [7, 11) is 5.72. The Kier molecular flexibility index (Phi) is 3.69. The Morgan fingerprint density at radius 3 is 2.68 bits per heavy atom. The van der Waals surface area contributed by atoms with E-state index < -0.39 is 12.0 Å². The quantitative estimate of drug-likeness (QED) is 0.849. The van der Waals surface area contributed by atoms with Crippen molar-refractivity contribution in [1.29, 1.82) is 0 Å². The van der Waals surface area contributed by atoms with Gasteiger partial charge in [0.1, 0.15) is 0 Å². The van der Waals surface area contributed by atoms with Crippen molar-refractivity contribution in [1.82, 2.24) is 4.98 Å². The van der Waals surface area contributed by atoms with Crippen LogP contribution in [0.5, 0.6) is 0 Å². The Hall–Kier alpha value is -1.33. The van der Waals surface area contributed by atoms with Gasteiger partial charge in [-0.25, -0.2) is 4.79 Å². The van der Waals surface area contributed by atoms with Crippen molar-refractivity contribution in [2.75, 3.05) is 21.1 Å². The summed E-state index contributed by atoms with van der Waals surface area (Å²) in [5.41, 5.74) is 2.07. The molecule has 5 heteroatoms. The number of fused-ring (bicyclic) bond motifs is 1. The molecule has 0 aliphatic carbocycles. The highest BCUT2D eigenvalue weighted by Crippen LogP contribution is 2.24. The third-order valence-electron chi connectivity index (χ3n) is 3.36. The van der Waals surface area contributed by atoms with Crippen LogP contribution in [0.15, 0.2) is 28.9 Å². The number of aromatic amines is 1. The van der Waals surface area contributed by atoms with Crippen LogP contribution in [-0.4, -0.2) is 47.7 Å². The minimum absolute atomic E-state index is 0.401. The van der Waals surface area contributed by atoms with E-state index in [1.54, 1.807) is 0 Å². The first-order chi connectivity index (χ1) is 8.79. The normalized spacial score (nSPS) is 13.7. The molecule has 1 aromatic carbocycles. The van der Waals surface area contributed by atoms with Gasteiger partial charge in [-0.2, -0.15) is 0 Å². The summed E-state index contributed by atoms with van der Waals surface area (Å²) in [5.74, 6) is -0.765. The molecule has 0 aliphatic rings. The molecule has 1 atom stereocenters. The second-order valence-corrected chi connectivity index (χ2v) is 6.59. The number of carboxylic acid groups (broad SMARTS) is 1. The van der Waals surface area contributed by atoms with Gasteiger partial charge in [-0.1, -0.05) is 22.0 Å². The molecule has 19 heavy (non-hydrogen) atoms. The predicted molar refractivity (Wildman–Crippen MR) is 79.2 cm³/mol. The standard InChI is InChI=1S/C14H17BrN2O2/c1-17(2,3)13(14(18)19)6-9-8-16-12-7-10(15)4-5-11(9)12/h4-5,7-8,13,16H,6H2,1-3H3/p+1/t13-/m1/s1. The molecule has 4 nitrogen and oxygen atoms in total. The SMILES string of the molecule is C[N+](C)(C)[C@H](Cc1c[nH]c2cc(Br)ccc12)C(=O)O. The molecule has 102 valence electrons. The van der Waals surface area contributed by atoms with Crippen molar-refractivity contribution >= 4 is 32.8 Å². The van der Waals surface area contributed by atoms with E-state index in [1.807, 2.05) is 45.5 Å². The molecule has 0 saturated heterocycles. The van der Waals surface area contributed by atoms with Crippen molar-refractivity contribution in [3.63, 3.8) is 0 Å². The Balaban J connectivity index is 2.37. The maximum absolute atomic E-state index is 11.4. The number of nitrogens with zero attached hydrogens (tertiary/aromatic N) is 1. The fourth-order valence-corrected chi connectivity index (χ4v) is 2.59. The summed E-state index contributed by atoms with van der Waals surface area (Å²) in [6, 6.07) is 5.53. The highest BCUT2D eigenvalue weighted by molar-refractivity contribution is 9.10. The Morgan fingerprint density at radius 1 is 1.42 bits per heavy atom. The van der Waals surface area contributed by atoms with E-state index in [2.05, 4.69) is 20.9 Å². The van der Waals surface area contributed by atoms with Gasteiger partial charge in [0, 0.05) is 28.0 Å². The lowest BCUT2D eigenvalue weighted by atomic mass is 10.0. The first-order valence-corrected chi connectivity index (χ1v) is 6.88. The number of aliphatic carboxylic acids is 1. The fraction of sp³-hybridized carbons (Fsp3) is 0.357. The molecule has 0 aliphatic heterocycles. The van der Waals surface area contributed by atoms with Crippen molar-refractivity contribution in [3.8, 4) is 0 Å². The van der Waals surface area contributed by atoms with Gasteiger partial charge < -0.3 is 14.6 Å². The van der Waals surface area contributed by atoms with Crippen molar-refractivity contribution in [3.05, 3.63) is 34.4 Å². The van der Waals surface area contributed by atoms with Crippen LogP contribution in [-0.2, 0) is 11.2 Å². The van der Waals surface area contributed by atoms with E-state index in [0.29, 0.717) is 10.9 Å². The molecular weight excluding hydrogens is 308 g/mol. The molecule has 0 spiro atoms. The van der Waals surface area contributed by atoms with Gasteiger partial charge in [-0.3, -0.25) is 0 Å². The van der Waals surface area contributed by atoms with Gasteiger partial charge in [-0.15, -0.1) is 0 Å². The second kappa shape index (κ2) is 4.98. The minimum atomic E-state index is -0.765. The summed E-state index contributed by atoms with van der Waals surface area (Å²) in [6.45, 7) is 0. The zero-order valence-electron chi connectivity index (χ0n) is 11.3. The predicted octanol–water partition coefficient (Wildman–Crippen LogP) is 2.63. The van der Waals surface area contributed by atoms with Gasteiger partial charge in [0.25, 0.3) is 0 Å². The molecule has 0 radical (unpaired) electrons. The number of quaternary nitrogens is 1. The van der Waals surface area contributed by atoms with Crippen molar-refractivity contribution in [2.45, 2.75) is 12.5 Å². The number of carbonyl (C=O) groups is 1. The van der Waals surface area contributed by atoms with Gasteiger partial charge >= 0.3 is 5.97 Å². The summed E-state index contributed by atoms with van der Waals surface area (Å²) in [4.78, 5) is 14.6. The largest absolute Gasteiger partial charge is 0.477 e. The van der Waals surface area contributed by atoms with Crippen LogP contribution in [0.1, 0.15) is 5.56 Å². The zero-order chi connectivity index (χ0) is 14.2. The monoisotopic (exact) mass is 325 g/mol. The second-order valence-electron chi connectivity index (χ2n) is 5.68. The average molecular weight is 326 g/mol. The van der Waals surface area contributed by atoms with E-state index in [9.17, 15) is 9.90 Å². The van der Waals surface area contributed by atoms with Gasteiger partial charge in [-0.05, 0) is 17.7 Å². The first-order valence-electron chi connectivity index (χ1n) is 6.08. The molecule has 2 rings (SSSR count). The molecule has 2 N–H and O–H groups in total. The van der Waals surface area contributed by atoms with E-state index >= 15 is 0 Å². The lowest BCUT2D eigenvalue weighted by Gasteiger charge is -2.31. The number of hydrogen-bond donors (Lipinski definition) is 2. The van der Waals surface area contributed by atoms with E-state index in [-0.39, 0.29) is 0 Å². The Bertz CT molecular complexity index is 613. The molecule has 0 saturated carbocycles. The molecule has 0 amide bonds. The van der Waals surface area contributed by atoms with Crippen molar-refractivity contribution in [2.24, 2.45) is 0 Å². The molecule has 0 unspecified atom stereocenters. The van der Waals surface area contributed by atoms with Crippen LogP contribution < -0.4 is 0 Å². The smallest absolute Gasteiger partial charge is 0.362 e. The summed E-state index contributed by atoms with van der Waals surface area (Å²) in [6.07, 6.45) is 2.42. The highest BCUT2D eigenvalue weighted by atomic mass is 79.9. The number of H-pyrrole nitrogens is 1. The zero-order valence-corrected chi connectivity index (χ0v) is 12.9. The fourth-order valence-electron chi connectivity index (χ4n) is 2.23. The van der Waals surface area contributed by atoms with Gasteiger partial charge in [0.2, 0.25) is 0 Å². The molecule has 0 fully saturated rings. The molecule has 1 heterocycles. The number of aromatic nitrogens is 1. The Morgan fingerprint density at radius 2 is 2.11 bits per heavy atom. The van der Waals surface area contributed by atoms with Crippen LogP contribution in [0.2, 0.25) is 0 Å². The maximum Gasteiger partial charge on any atom is 0.362 e. The molecular formula is C14H18BrN2O2+. The number of nitrogens with one attached hydrogen (secondary N) is 1. The third kappa shape index (κ3) is 2.98. The highest BCUT2D eigenvalue weighted by Gasteiger charge is 2.32. The lowest BCUT2D eigenvalue weighted by molar-refractivity contribution is -0.887. The Labute approximate surface area is 120 Å². The van der Waals surface area contributed by atoms with Crippen LogP contribution >= 0.6 is 15.9 Å². The van der Waals surface area contributed by atoms with Crippen LogP contribution in [0, 0.1) is 0 Å².